The second-order valence-corrected chi connectivity index (χ2v) is 4.96. The van der Waals surface area contributed by atoms with E-state index in [1.54, 1.807) is 18.2 Å². The predicted molar refractivity (Wildman–Crippen MR) is 83.2 cm³/mol. The zero-order valence-electron chi connectivity index (χ0n) is 10.5. The second kappa shape index (κ2) is 6.04. The fourth-order valence-corrected chi connectivity index (χ4v) is 2.23. The highest BCUT2D eigenvalue weighted by atomic mass is 35.5. The van der Waals surface area contributed by atoms with E-state index in [1.165, 1.54) is 5.56 Å². The molecule has 0 fully saturated rings. The van der Waals surface area contributed by atoms with Gasteiger partial charge in [0.2, 0.25) is 0 Å². The van der Waals surface area contributed by atoms with Crippen LogP contribution in [0.1, 0.15) is 18.1 Å². The molecule has 98 valence electrons. The van der Waals surface area contributed by atoms with Crippen LogP contribution in [0.4, 0.5) is 0 Å². The smallest absolute Gasteiger partial charge is 0.128 e. The summed E-state index contributed by atoms with van der Waals surface area (Å²) in [6, 6.07) is 13.2. The standard InChI is InChI=1S/C15H14ClNOS/c1-2-10-4-3-5-11(8-10)18-12-6-7-13(15(17)19)14(16)9-12/h3-9H,2H2,1H3,(H2,17,19). The minimum absolute atomic E-state index is 0.282. The zero-order valence-corrected chi connectivity index (χ0v) is 12.1. The zero-order chi connectivity index (χ0) is 13.8. The summed E-state index contributed by atoms with van der Waals surface area (Å²) in [5.74, 6) is 1.46. The molecule has 0 aromatic heterocycles. The Morgan fingerprint density at radius 3 is 2.58 bits per heavy atom. The van der Waals surface area contributed by atoms with Crippen LogP contribution >= 0.6 is 23.8 Å². The van der Waals surface area contributed by atoms with Gasteiger partial charge in [-0.25, -0.2) is 0 Å². The molecule has 0 spiro atoms. The SMILES string of the molecule is CCc1cccc(Oc2ccc(C(N)=S)c(Cl)c2)c1. The fourth-order valence-electron chi connectivity index (χ4n) is 1.72. The van der Waals surface area contributed by atoms with Crippen LogP contribution in [0.15, 0.2) is 42.5 Å². The third kappa shape index (κ3) is 3.46. The summed E-state index contributed by atoms with van der Waals surface area (Å²) in [6.45, 7) is 2.10. The van der Waals surface area contributed by atoms with Crippen molar-refractivity contribution >= 4 is 28.8 Å². The van der Waals surface area contributed by atoms with E-state index in [2.05, 4.69) is 13.0 Å². The average Bonchev–Trinajstić information content (AvgIpc) is 2.38. The van der Waals surface area contributed by atoms with Gasteiger partial charge in [-0.05, 0) is 36.2 Å². The van der Waals surface area contributed by atoms with E-state index >= 15 is 0 Å². The molecule has 19 heavy (non-hydrogen) atoms. The maximum absolute atomic E-state index is 6.10. The first-order valence-corrected chi connectivity index (χ1v) is 6.75. The van der Waals surface area contributed by atoms with Crippen molar-refractivity contribution in [3.8, 4) is 11.5 Å². The lowest BCUT2D eigenvalue weighted by atomic mass is 10.1. The molecule has 0 aliphatic heterocycles. The Hall–Kier alpha value is -1.58. The lowest BCUT2D eigenvalue weighted by Gasteiger charge is -2.09. The van der Waals surface area contributed by atoms with Crippen LogP contribution in [0.5, 0.6) is 11.5 Å². The maximum atomic E-state index is 6.10. The van der Waals surface area contributed by atoms with Gasteiger partial charge >= 0.3 is 0 Å². The van der Waals surface area contributed by atoms with Crippen LogP contribution in [0, 0.1) is 0 Å². The van der Waals surface area contributed by atoms with Crippen molar-refractivity contribution in [2.45, 2.75) is 13.3 Å². The van der Waals surface area contributed by atoms with Gasteiger partial charge in [0.25, 0.3) is 0 Å². The molecule has 0 aliphatic carbocycles. The topological polar surface area (TPSA) is 35.2 Å². The van der Waals surface area contributed by atoms with Crippen LogP contribution in [-0.4, -0.2) is 4.99 Å². The molecule has 0 amide bonds. The van der Waals surface area contributed by atoms with Crippen molar-refractivity contribution in [2.24, 2.45) is 5.73 Å². The van der Waals surface area contributed by atoms with Crippen molar-refractivity contribution in [3.05, 3.63) is 58.6 Å². The number of nitrogens with two attached hydrogens (primary N) is 1. The average molecular weight is 292 g/mol. The number of thiocarbonyl (C=S) groups is 1. The van der Waals surface area contributed by atoms with E-state index in [4.69, 9.17) is 34.3 Å². The van der Waals surface area contributed by atoms with E-state index in [9.17, 15) is 0 Å². The van der Waals surface area contributed by atoms with Gasteiger partial charge in [0.15, 0.2) is 0 Å². The van der Waals surface area contributed by atoms with Crippen LogP contribution < -0.4 is 10.5 Å². The Morgan fingerprint density at radius 2 is 1.95 bits per heavy atom. The fraction of sp³-hybridized carbons (Fsp3) is 0.133. The summed E-state index contributed by atoms with van der Waals surface area (Å²) in [5, 5.41) is 0.497. The molecule has 0 radical (unpaired) electrons. The molecule has 0 bridgehead atoms. The molecule has 0 aliphatic rings. The molecule has 0 saturated carbocycles. The van der Waals surface area contributed by atoms with Crippen LogP contribution in [0.25, 0.3) is 0 Å². The monoisotopic (exact) mass is 291 g/mol. The quantitative estimate of drug-likeness (QED) is 0.852. The molecule has 0 atom stereocenters. The van der Waals surface area contributed by atoms with Gasteiger partial charge in [0.05, 0.1) is 5.02 Å². The highest BCUT2D eigenvalue weighted by Gasteiger charge is 2.06. The Kier molecular flexibility index (Phi) is 4.40. The molecule has 0 heterocycles. The number of halogens is 1. The Labute approximate surface area is 123 Å². The lowest BCUT2D eigenvalue weighted by Crippen LogP contribution is -2.09. The van der Waals surface area contributed by atoms with Crippen molar-refractivity contribution in [2.75, 3.05) is 0 Å². The number of ether oxygens (including phenoxy) is 1. The van der Waals surface area contributed by atoms with E-state index in [0.29, 0.717) is 16.3 Å². The second-order valence-electron chi connectivity index (χ2n) is 4.11. The van der Waals surface area contributed by atoms with Crippen LogP contribution in [0.2, 0.25) is 5.02 Å². The highest BCUT2D eigenvalue weighted by Crippen LogP contribution is 2.27. The summed E-state index contributed by atoms with van der Waals surface area (Å²) in [6.07, 6.45) is 0.971. The molecular formula is C15H14ClNOS. The molecule has 0 unspecified atom stereocenters. The van der Waals surface area contributed by atoms with Gasteiger partial charge < -0.3 is 10.5 Å². The van der Waals surface area contributed by atoms with E-state index in [-0.39, 0.29) is 4.99 Å². The highest BCUT2D eigenvalue weighted by molar-refractivity contribution is 7.80. The van der Waals surface area contributed by atoms with Gasteiger partial charge in [0.1, 0.15) is 16.5 Å². The van der Waals surface area contributed by atoms with Gasteiger partial charge in [0, 0.05) is 11.6 Å². The molecule has 2 N–H and O–H groups in total. The first-order valence-electron chi connectivity index (χ1n) is 5.96. The number of benzene rings is 2. The predicted octanol–water partition coefficient (Wildman–Crippen LogP) is 4.33. The lowest BCUT2D eigenvalue weighted by molar-refractivity contribution is 0.482. The molecule has 4 heteroatoms. The van der Waals surface area contributed by atoms with Crippen LogP contribution in [-0.2, 0) is 6.42 Å². The van der Waals surface area contributed by atoms with Gasteiger partial charge in [-0.3, -0.25) is 0 Å². The molecule has 2 nitrogen and oxygen atoms in total. The third-order valence-electron chi connectivity index (χ3n) is 2.75. The molecule has 0 saturated heterocycles. The maximum Gasteiger partial charge on any atom is 0.128 e. The Bertz CT molecular complexity index is 613. The minimum Gasteiger partial charge on any atom is -0.457 e. The number of hydrogen-bond acceptors (Lipinski definition) is 2. The number of rotatable bonds is 4. The van der Waals surface area contributed by atoms with Gasteiger partial charge in [-0.2, -0.15) is 0 Å². The molecule has 2 aromatic carbocycles. The molecule has 2 rings (SSSR count). The van der Waals surface area contributed by atoms with Crippen LogP contribution in [0.3, 0.4) is 0 Å². The summed E-state index contributed by atoms with van der Waals surface area (Å²) in [7, 11) is 0. The van der Waals surface area contributed by atoms with Gasteiger partial charge in [-0.1, -0.05) is 42.9 Å². The van der Waals surface area contributed by atoms with Crippen molar-refractivity contribution in [1.82, 2.24) is 0 Å². The first kappa shape index (κ1) is 13.8. The summed E-state index contributed by atoms with van der Waals surface area (Å²) < 4.78 is 5.77. The van der Waals surface area contributed by atoms with Crippen molar-refractivity contribution in [3.63, 3.8) is 0 Å². The Morgan fingerprint density at radius 1 is 1.21 bits per heavy atom. The van der Waals surface area contributed by atoms with E-state index < -0.39 is 0 Å². The first-order chi connectivity index (χ1) is 9.10. The largest absolute Gasteiger partial charge is 0.457 e. The van der Waals surface area contributed by atoms with Gasteiger partial charge in [-0.15, -0.1) is 0 Å². The normalized spacial score (nSPS) is 10.2. The number of aryl methyl sites for hydroxylation is 1. The molecular weight excluding hydrogens is 278 g/mol. The van der Waals surface area contributed by atoms with E-state index in [1.807, 2.05) is 18.2 Å². The third-order valence-corrected chi connectivity index (χ3v) is 3.28. The van der Waals surface area contributed by atoms with E-state index in [0.717, 1.165) is 12.2 Å². The Balaban J connectivity index is 2.23. The minimum atomic E-state index is 0.282. The van der Waals surface area contributed by atoms with Crippen molar-refractivity contribution in [1.29, 1.82) is 0 Å². The summed E-state index contributed by atoms with van der Waals surface area (Å²) in [5.41, 5.74) is 7.45. The van der Waals surface area contributed by atoms with Crippen molar-refractivity contribution < 1.29 is 4.74 Å². The summed E-state index contributed by atoms with van der Waals surface area (Å²) >= 11 is 11.0. The number of hydrogen-bond donors (Lipinski definition) is 1. The summed E-state index contributed by atoms with van der Waals surface area (Å²) in [4.78, 5) is 0.282. The molecule has 2 aromatic rings.